The van der Waals surface area contributed by atoms with Crippen LogP contribution in [0.1, 0.15) is 52.7 Å². The first-order valence-corrected chi connectivity index (χ1v) is 7.47. The molecule has 1 atom stereocenters. The van der Waals surface area contributed by atoms with E-state index < -0.39 is 0 Å². The fourth-order valence-electron chi connectivity index (χ4n) is 3.18. The summed E-state index contributed by atoms with van der Waals surface area (Å²) >= 11 is 0. The van der Waals surface area contributed by atoms with Gasteiger partial charge in [0.2, 0.25) is 5.91 Å². The number of nitrogens with zero attached hydrogens (tertiary/aromatic N) is 1. The molecule has 1 saturated carbocycles. The van der Waals surface area contributed by atoms with Crippen LogP contribution in [0.25, 0.3) is 0 Å². The van der Waals surface area contributed by atoms with Gasteiger partial charge < -0.3 is 5.32 Å². The van der Waals surface area contributed by atoms with E-state index in [9.17, 15) is 4.79 Å². The van der Waals surface area contributed by atoms with Crippen molar-refractivity contribution in [2.75, 3.05) is 6.54 Å². The molecule has 0 aliphatic heterocycles. The summed E-state index contributed by atoms with van der Waals surface area (Å²) in [5.74, 6) is 0.713. The average Bonchev–Trinajstić information content (AvgIpc) is 2.80. The van der Waals surface area contributed by atoms with E-state index in [4.69, 9.17) is 0 Å². The van der Waals surface area contributed by atoms with Crippen LogP contribution in [-0.4, -0.2) is 17.4 Å². The molecule has 110 valence electrons. The van der Waals surface area contributed by atoms with Crippen molar-refractivity contribution < 1.29 is 4.79 Å². The van der Waals surface area contributed by atoms with Crippen molar-refractivity contribution in [1.29, 1.82) is 0 Å². The van der Waals surface area contributed by atoms with E-state index in [1.807, 2.05) is 24.4 Å². The van der Waals surface area contributed by atoms with Crippen LogP contribution in [0.2, 0.25) is 0 Å². The highest BCUT2D eigenvalue weighted by molar-refractivity contribution is 5.84. The van der Waals surface area contributed by atoms with Gasteiger partial charge in [0.15, 0.2) is 0 Å². The van der Waals surface area contributed by atoms with Crippen LogP contribution in [0, 0.1) is 16.7 Å². The zero-order valence-electron chi connectivity index (χ0n) is 13.2. The Kier molecular flexibility index (Phi) is 3.90. The lowest BCUT2D eigenvalue weighted by Crippen LogP contribution is -2.29. The number of hydrogen-bond donors (Lipinski definition) is 1. The molecule has 1 unspecified atom stereocenters. The van der Waals surface area contributed by atoms with Gasteiger partial charge in [-0.05, 0) is 29.4 Å². The van der Waals surface area contributed by atoms with Crippen molar-refractivity contribution in [3.63, 3.8) is 0 Å². The molecule has 1 aromatic heterocycles. The van der Waals surface area contributed by atoms with E-state index in [1.54, 1.807) is 0 Å². The van der Waals surface area contributed by atoms with Crippen molar-refractivity contribution in [1.82, 2.24) is 10.3 Å². The number of aromatic nitrogens is 1. The third-order valence-electron chi connectivity index (χ3n) is 5.35. The maximum absolute atomic E-state index is 12.2. The number of rotatable bonds is 5. The third kappa shape index (κ3) is 2.58. The largest absolute Gasteiger partial charge is 0.356 e. The molecule has 0 radical (unpaired) electrons. The lowest BCUT2D eigenvalue weighted by atomic mass is 10.0. The third-order valence-corrected chi connectivity index (χ3v) is 5.35. The average molecular weight is 274 g/mol. The second kappa shape index (κ2) is 5.19. The van der Waals surface area contributed by atoms with Crippen molar-refractivity contribution in [3.05, 3.63) is 30.1 Å². The summed E-state index contributed by atoms with van der Waals surface area (Å²) in [6.07, 6.45) is 2.75. The fraction of sp³-hybridized carbons (Fsp3) is 0.647. The second-order valence-corrected chi connectivity index (χ2v) is 7.11. The smallest absolute Gasteiger partial charge is 0.224 e. The van der Waals surface area contributed by atoms with E-state index in [1.165, 1.54) is 0 Å². The zero-order chi connectivity index (χ0) is 15.0. The van der Waals surface area contributed by atoms with Gasteiger partial charge in [0.05, 0.1) is 0 Å². The summed E-state index contributed by atoms with van der Waals surface area (Å²) in [4.78, 5) is 16.6. The quantitative estimate of drug-likeness (QED) is 0.894. The van der Waals surface area contributed by atoms with Crippen molar-refractivity contribution >= 4 is 5.91 Å². The lowest BCUT2D eigenvalue weighted by molar-refractivity contribution is -0.123. The van der Waals surface area contributed by atoms with Crippen LogP contribution in [0.4, 0.5) is 0 Å². The highest BCUT2D eigenvalue weighted by Gasteiger charge is 2.68. The number of carbonyl (C=O) groups excluding carboxylic acids is 1. The maximum Gasteiger partial charge on any atom is 0.224 e. The molecule has 1 fully saturated rings. The summed E-state index contributed by atoms with van der Waals surface area (Å²) in [5.41, 5.74) is 1.32. The Balaban J connectivity index is 1.79. The van der Waals surface area contributed by atoms with E-state index >= 15 is 0 Å². The van der Waals surface area contributed by atoms with Crippen molar-refractivity contribution in [2.24, 2.45) is 16.7 Å². The highest BCUT2D eigenvalue weighted by atomic mass is 16.2. The Morgan fingerprint density at radius 2 is 1.95 bits per heavy atom. The summed E-state index contributed by atoms with van der Waals surface area (Å²) in [5, 5.41) is 3.09. The zero-order valence-corrected chi connectivity index (χ0v) is 13.2. The van der Waals surface area contributed by atoms with Gasteiger partial charge in [-0.2, -0.15) is 0 Å². The molecule has 0 aromatic carbocycles. The molecule has 20 heavy (non-hydrogen) atoms. The predicted octanol–water partition coefficient (Wildman–Crippen LogP) is 3.37. The Hall–Kier alpha value is -1.38. The second-order valence-electron chi connectivity index (χ2n) is 7.11. The molecule has 1 amide bonds. The van der Waals surface area contributed by atoms with Gasteiger partial charge in [-0.3, -0.25) is 9.78 Å². The lowest BCUT2D eigenvalue weighted by Gasteiger charge is -2.12. The summed E-state index contributed by atoms with van der Waals surface area (Å²) < 4.78 is 0. The summed E-state index contributed by atoms with van der Waals surface area (Å²) in [6.45, 7) is 11.6. The molecule has 3 nitrogen and oxygen atoms in total. The van der Waals surface area contributed by atoms with Crippen LogP contribution in [0.15, 0.2) is 24.4 Å². The molecule has 0 bridgehead atoms. The fourth-order valence-corrected chi connectivity index (χ4v) is 3.18. The molecule has 0 spiro atoms. The molecule has 1 heterocycles. The molecule has 1 aromatic rings. The van der Waals surface area contributed by atoms with E-state index in [0.29, 0.717) is 5.92 Å². The van der Waals surface area contributed by atoms with Gasteiger partial charge in [0.25, 0.3) is 0 Å². The molecule has 2 rings (SSSR count). The minimum Gasteiger partial charge on any atom is -0.356 e. The first-order chi connectivity index (χ1) is 9.28. The molecule has 1 aliphatic carbocycles. The molecule has 1 aliphatic rings. The first-order valence-electron chi connectivity index (χ1n) is 7.47. The monoisotopic (exact) mass is 274 g/mol. The van der Waals surface area contributed by atoms with E-state index in [-0.39, 0.29) is 22.7 Å². The van der Waals surface area contributed by atoms with Crippen LogP contribution >= 0.6 is 0 Å². The Morgan fingerprint density at radius 1 is 1.30 bits per heavy atom. The van der Waals surface area contributed by atoms with E-state index in [2.05, 4.69) is 44.9 Å². The summed E-state index contributed by atoms with van der Waals surface area (Å²) in [7, 11) is 0. The van der Waals surface area contributed by atoms with Gasteiger partial charge in [0.1, 0.15) is 0 Å². The first kappa shape index (κ1) is 15.0. The highest BCUT2D eigenvalue weighted by Crippen LogP contribution is 2.68. The normalized spacial score (nSPS) is 21.2. The standard InChI is InChI=1S/C17H26N2O/c1-12(13-8-6-7-10-18-13)9-11-19-15(20)14-16(2,3)17(14,4)5/h6-8,10,12,14H,9,11H2,1-5H3,(H,19,20). The van der Waals surface area contributed by atoms with E-state index in [0.717, 1.165) is 18.7 Å². The van der Waals surface area contributed by atoms with Crippen LogP contribution < -0.4 is 5.32 Å². The maximum atomic E-state index is 12.2. The van der Waals surface area contributed by atoms with Gasteiger partial charge in [-0.1, -0.05) is 40.7 Å². The van der Waals surface area contributed by atoms with Crippen molar-refractivity contribution in [3.8, 4) is 0 Å². The summed E-state index contributed by atoms with van der Waals surface area (Å²) in [6, 6.07) is 5.97. The predicted molar refractivity (Wildman–Crippen MR) is 81.3 cm³/mol. The van der Waals surface area contributed by atoms with Gasteiger partial charge in [0, 0.05) is 30.3 Å². The van der Waals surface area contributed by atoms with Crippen molar-refractivity contribution in [2.45, 2.75) is 47.0 Å². The topological polar surface area (TPSA) is 42.0 Å². The number of nitrogens with one attached hydrogen (secondary N) is 1. The molecular weight excluding hydrogens is 248 g/mol. The number of carbonyl (C=O) groups is 1. The van der Waals surface area contributed by atoms with Gasteiger partial charge in [-0.25, -0.2) is 0 Å². The minimum atomic E-state index is 0.115. The molecule has 3 heteroatoms. The molecule has 0 saturated heterocycles. The van der Waals surface area contributed by atoms with Gasteiger partial charge >= 0.3 is 0 Å². The van der Waals surface area contributed by atoms with Crippen LogP contribution in [-0.2, 0) is 4.79 Å². The number of pyridine rings is 1. The number of hydrogen-bond acceptors (Lipinski definition) is 2. The Morgan fingerprint density at radius 3 is 2.45 bits per heavy atom. The molecular formula is C17H26N2O. The minimum absolute atomic E-state index is 0.115. The van der Waals surface area contributed by atoms with Gasteiger partial charge in [-0.15, -0.1) is 0 Å². The van der Waals surface area contributed by atoms with Crippen LogP contribution in [0.5, 0.6) is 0 Å². The Bertz CT molecular complexity index is 465. The SMILES string of the molecule is CC(CCNC(=O)C1C(C)(C)C1(C)C)c1ccccn1. The van der Waals surface area contributed by atoms with Crippen LogP contribution in [0.3, 0.4) is 0 Å². The molecule has 1 N–H and O–H groups in total. The number of amides is 1. The Labute approximate surface area is 122 Å².